The highest BCUT2D eigenvalue weighted by Crippen LogP contribution is 2.16. The SMILES string of the molecule is Cc1nc(CNCc2c(C)nc3sccn23)oc1C. The fraction of sp³-hybridized carbons (Fsp3) is 0.385. The van der Waals surface area contributed by atoms with Crippen molar-refractivity contribution in [3.05, 3.63) is 40.3 Å². The van der Waals surface area contributed by atoms with Gasteiger partial charge in [-0.3, -0.25) is 4.40 Å². The first kappa shape index (κ1) is 12.4. The van der Waals surface area contributed by atoms with E-state index in [4.69, 9.17) is 4.42 Å². The lowest BCUT2D eigenvalue weighted by Gasteiger charge is -2.02. The van der Waals surface area contributed by atoms with E-state index in [1.165, 1.54) is 5.69 Å². The minimum absolute atomic E-state index is 0.630. The van der Waals surface area contributed by atoms with Crippen LogP contribution in [0.15, 0.2) is 16.0 Å². The monoisotopic (exact) mass is 276 g/mol. The summed E-state index contributed by atoms with van der Waals surface area (Å²) in [5, 5.41) is 5.40. The van der Waals surface area contributed by atoms with Gasteiger partial charge in [-0.25, -0.2) is 9.97 Å². The molecule has 6 heteroatoms. The minimum atomic E-state index is 0.630. The van der Waals surface area contributed by atoms with Gasteiger partial charge in [-0.15, -0.1) is 11.3 Å². The van der Waals surface area contributed by atoms with Crippen molar-refractivity contribution in [3.8, 4) is 0 Å². The van der Waals surface area contributed by atoms with Gasteiger partial charge in [0.05, 0.1) is 23.6 Å². The zero-order valence-electron chi connectivity index (χ0n) is 11.2. The Labute approximate surface area is 115 Å². The van der Waals surface area contributed by atoms with E-state index in [-0.39, 0.29) is 0 Å². The maximum atomic E-state index is 5.54. The molecule has 3 heterocycles. The lowest BCUT2D eigenvalue weighted by Crippen LogP contribution is -2.14. The van der Waals surface area contributed by atoms with Gasteiger partial charge >= 0.3 is 0 Å². The molecule has 0 radical (unpaired) electrons. The predicted molar refractivity (Wildman–Crippen MR) is 74.3 cm³/mol. The Kier molecular flexibility index (Phi) is 3.12. The van der Waals surface area contributed by atoms with E-state index in [0.29, 0.717) is 6.54 Å². The second-order valence-corrected chi connectivity index (χ2v) is 5.43. The number of nitrogens with one attached hydrogen (secondary N) is 1. The van der Waals surface area contributed by atoms with Gasteiger partial charge in [-0.2, -0.15) is 0 Å². The molecule has 0 atom stereocenters. The van der Waals surface area contributed by atoms with E-state index in [1.54, 1.807) is 11.3 Å². The van der Waals surface area contributed by atoms with Crippen molar-refractivity contribution in [1.29, 1.82) is 0 Å². The van der Waals surface area contributed by atoms with Crippen LogP contribution in [0, 0.1) is 20.8 Å². The maximum absolute atomic E-state index is 5.54. The molecule has 0 saturated heterocycles. The van der Waals surface area contributed by atoms with Crippen molar-refractivity contribution in [3.63, 3.8) is 0 Å². The maximum Gasteiger partial charge on any atom is 0.208 e. The zero-order chi connectivity index (χ0) is 13.4. The molecule has 1 N–H and O–H groups in total. The number of thiazole rings is 1. The van der Waals surface area contributed by atoms with E-state index in [2.05, 4.69) is 25.9 Å². The van der Waals surface area contributed by atoms with Gasteiger partial charge in [0.25, 0.3) is 0 Å². The number of nitrogens with zero attached hydrogens (tertiary/aromatic N) is 3. The molecule has 0 amide bonds. The summed E-state index contributed by atoms with van der Waals surface area (Å²) in [7, 11) is 0. The fourth-order valence-electron chi connectivity index (χ4n) is 2.06. The Morgan fingerprint density at radius 3 is 2.79 bits per heavy atom. The number of oxazole rings is 1. The predicted octanol–water partition coefficient (Wildman–Crippen LogP) is 2.60. The lowest BCUT2D eigenvalue weighted by molar-refractivity contribution is 0.447. The molecular weight excluding hydrogens is 260 g/mol. The van der Waals surface area contributed by atoms with Crippen LogP contribution in [0.3, 0.4) is 0 Å². The summed E-state index contributed by atoms with van der Waals surface area (Å²) in [6.07, 6.45) is 2.05. The highest BCUT2D eigenvalue weighted by atomic mass is 32.1. The summed E-state index contributed by atoms with van der Waals surface area (Å²) in [5.74, 6) is 1.62. The van der Waals surface area contributed by atoms with Crippen LogP contribution in [0.2, 0.25) is 0 Å². The van der Waals surface area contributed by atoms with Crippen LogP contribution in [0.4, 0.5) is 0 Å². The van der Waals surface area contributed by atoms with Gasteiger partial charge in [0.2, 0.25) is 5.89 Å². The van der Waals surface area contributed by atoms with Crippen molar-refractivity contribution in [2.45, 2.75) is 33.9 Å². The molecule has 0 bridgehead atoms. The molecule has 3 rings (SSSR count). The number of hydrogen-bond donors (Lipinski definition) is 1. The standard InChI is InChI=1S/C13H16N4OS/c1-8-10(3)18-12(15-8)7-14-6-11-9(2)16-13-17(11)4-5-19-13/h4-5,14H,6-7H2,1-3H3. The molecule has 0 saturated carbocycles. The Morgan fingerprint density at radius 1 is 1.21 bits per heavy atom. The van der Waals surface area contributed by atoms with E-state index in [1.807, 2.05) is 26.2 Å². The van der Waals surface area contributed by atoms with Crippen molar-refractivity contribution in [2.75, 3.05) is 0 Å². The van der Waals surface area contributed by atoms with Crippen LogP contribution >= 0.6 is 11.3 Å². The van der Waals surface area contributed by atoms with E-state index in [0.717, 1.165) is 34.5 Å². The quantitative estimate of drug-likeness (QED) is 0.796. The van der Waals surface area contributed by atoms with Crippen molar-refractivity contribution < 1.29 is 4.42 Å². The molecule has 3 aromatic heterocycles. The third kappa shape index (κ3) is 2.29. The smallest absolute Gasteiger partial charge is 0.208 e. The third-order valence-electron chi connectivity index (χ3n) is 3.20. The van der Waals surface area contributed by atoms with E-state index < -0.39 is 0 Å². The Hall–Kier alpha value is -1.66. The summed E-state index contributed by atoms with van der Waals surface area (Å²) in [6.45, 7) is 7.31. The van der Waals surface area contributed by atoms with Gasteiger partial charge in [0.15, 0.2) is 4.96 Å². The second-order valence-electron chi connectivity index (χ2n) is 4.55. The molecule has 100 valence electrons. The number of imidazole rings is 1. The first-order valence-corrected chi connectivity index (χ1v) is 7.08. The second kappa shape index (κ2) is 4.79. The first-order chi connectivity index (χ1) is 9.15. The van der Waals surface area contributed by atoms with Crippen LogP contribution in [-0.2, 0) is 13.1 Å². The molecular formula is C13H16N4OS. The molecule has 0 spiro atoms. The number of fused-ring (bicyclic) bond motifs is 1. The topological polar surface area (TPSA) is 55.4 Å². The van der Waals surface area contributed by atoms with Crippen molar-refractivity contribution in [1.82, 2.24) is 19.7 Å². The van der Waals surface area contributed by atoms with Gasteiger partial charge in [-0.05, 0) is 20.8 Å². The van der Waals surface area contributed by atoms with E-state index >= 15 is 0 Å². The molecule has 0 aromatic carbocycles. The third-order valence-corrected chi connectivity index (χ3v) is 3.96. The van der Waals surface area contributed by atoms with Crippen LogP contribution in [0.1, 0.15) is 28.7 Å². The summed E-state index contributed by atoms with van der Waals surface area (Å²) < 4.78 is 7.67. The summed E-state index contributed by atoms with van der Waals surface area (Å²) in [4.78, 5) is 9.91. The lowest BCUT2D eigenvalue weighted by atomic mass is 10.3. The van der Waals surface area contributed by atoms with Crippen molar-refractivity contribution in [2.24, 2.45) is 0 Å². The highest BCUT2D eigenvalue weighted by molar-refractivity contribution is 7.15. The summed E-state index contributed by atoms with van der Waals surface area (Å²) >= 11 is 1.65. The van der Waals surface area contributed by atoms with Crippen LogP contribution in [0.5, 0.6) is 0 Å². The molecule has 5 nitrogen and oxygen atoms in total. The van der Waals surface area contributed by atoms with E-state index in [9.17, 15) is 0 Å². The summed E-state index contributed by atoms with van der Waals surface area (Å²) in [6, 6.07) is 0. The van der Waals surface area contributed by atoms with Crippen LogP contribution in [-0.4, -0.2) is 14.4 Å². The molecule has 0 fully saturated rings. The van der Waals surface area contributed by atoms with Gasteiger partial charge in [-0.1, -0.05) is 0 Å². The van der Waals surface area contributed by atoms with Crippen LogP contribution < -0.4 is 5.32 Å². The molecule has 0 unspecified atom stereocenters. The normalized spacial score (nSPS) is 11.5. The molecule has 0 aliphatic carbocycles. The molecule has 0 aliphatic heterocycles. The number of rotatable bonds is 4. The summed E-state index contributed by atoms with van der Waals surface area (Å²) in [5.41, 5.74) is 3.22. The first-order valence-electron chi connectivity index (χ1n) is 6.20. The van der Waals surface area contributed by atoms with Crippen molar-refractivity contribution >= 4 is 16.3 Å². The zero-order valence-corrected chi connectivity index (χ0v) is 12.0. The van der Waals surface area contributed by atoms with Gasteiger partial charge in [0, 0.05) is 18.1 Å². The Morgan fingerprint density at radius 2 is 2.05 bits per heavy atom. The fourth-order valence-corrected chi connectivity index (χ4v) is 2.83. The largest absolute Gasteiger partial charge is 0.444 e. The Balaban J connectivity index is 1.69. The molecule has 19 heavy (non-hydrogen) atoms. The van der Waals surface area contributed by atoms with Gasteiger partial charge < -0.3 is 9.73 Å². The molecule has 3 aromatic rings. The number of aromatic nitrogens is 3. The minimum Gasteiger partial charge on any atom is -0.444 e. The average Bonchev–Trinajstić information content (AvgIpc) is 2.99. The highest BCUT2D eigenvalue weighted by Gasteiger charge is 2.10. The van der Waals surface area contributed by atoms with Crippen LogP contribution in [0.25, 0.3) is 4.96 Å². The average molecular weight is 276 g/mol. The number of hydrogen-bond acceptors (Lipinski definition) is 5. The number of aryl methyl sites for hydroxylation is 3. The molecule has 0 aliphatic rings. The Bertz CT molecular complexity index is 690. The van der Waals surface area contributed by atoms with Gasteiger partial charge in [0.1, 0.15) is 5.76 Å².